The number of aliphatic hydroxyl groups excluding tert-OH is 5. The Bertz CT molecular complexity index is 492. The minimum Gasteiger partial charge on any atom is -0.504 e. The summed E-state index contributed by atoms with van der Waals surface area (Å²) in [5.41, 5.74) is 0.694. The summed E-state index contributed by atoms with van der Waals surface area (Å²) < 4.78 is 10.5. The molecular weight excluding hydrogens is 296 g/mol. The molecule has 22 heavy (non-hydrogen) atoms. The second-order valence-electron chi connectivity index (χ2n) is 5.09. The fourth-order valence-electron chi connectivity index (χ4n) is 2.23. The van der Waals surface area contributed by atoms with Gasteiger partial charge in [0, 0.05) is 6.61 Å². The van der Waals surface area contributed by atoms with Crippen LogP contribution in [0.2, 0.25) is 0 Å². The van der Waals surface area contributed by atoms with Crippen molar-refractivity contribution in [3.8, 4) is 11.5 Å². The Hall–Kier alpha value is -1.42. The molecule has 0 aromatic heterocycles. The third-order valence-corrected chi connectivity index (χ3v) is 3.52. The molecule has 8 nitrogen and oxygen atoms in total. The van der Waals surface area contributed by atoms with E-state index in [0.717, 1.165) is 0 Å². The van der Waals surface area contributed by atoms with E-state index in [2.05, 4.69) is 0 Å². The number of phenolic OH excluding ortho intramolecular Hbond substituents is 1. The van der Waals surface area contributed by atoms with Crippen LogP contribution in [-0.4, -0.2) is 74.6 Å². The van der Waals surface area contributed by atoms with Crippen LogP contribution in [0.3, 0.4) is 0 Å². The summed E-state index contributed by atoms with van der Waals surface area (Å²) >= 11 is 0. The van der Waals surface area contributed by atoms with Crippen LogP contribution in [0.4, 0.5) is 0 Å². The highest BCUT2D eigenvalue weighted by molar-refractivity contribution is 5.42. The summed E-state index contributed by atoms with van der Waals surface area (Å²) in [7, 11) is 0. The zero-order chi connectivity index (χ0) is 16.3. The van der Waals surface area contributed by atoms with Gasteiger partial charge in [-0.05, 0) is 24.1 Å². The van der Waals surface area contributed by atoms with Gasteiger partial charge in [-0.25, -0.2) is 0 Å². The second-order valence-corrected chi connectivity index (χ2v) is 5.09. The molecule has 1 aliphatic rings. The molecule has 0 amide bonds. The Kier molecular flexibility index (Phi) is 5.57. The average Bonchev–Trinajstić information content (AvgIpc) is 2.51. The highest BCUT2D eigenvalue weighted by atomic mass is 16.7. The van der Waals surface area contributed by atoms with Crippen molar-refractivity contribution >= 4 is 0 Å². The van der Waals surface area contributed by atoms with E-state index < -0.39 is 37.3 Å². The van der Waals surface area contributed by atoms with E-state index in [0.29, 0.717) is 12.0 Å². The number of aliphatic hydroxyl groups is 5. The van der Waals surface area contributed by atoms with Crippen LogP contribution < -0.4 is 4.74 Å². The fraction of sp³-hybridized carbons (Fsp3) is 0.571. The van der Waals surface area contributed by atoms with Crippen molar-refractivity contribution in [3.05, 3.63) is 23.8 Å². The summed E-state index contributed by atoms with van der Waals surface area (Å²) in [5.74, 6) is -0.214. The van der Waals surface area contributed by atoms with Gasteiger partial charge in [0.05, 0.1) is 6.61 Å². The summed E-state index contributed by atoms with van der Waals surface area (Å²) in [6, 6.07) is 4.43. The molecule has 1 heterocycles. The van der Waals surface area contributed by atoms with E-state index in [4.69, 9.17) is 19.7 Å². The molecule has 1 saturated heterocycles. The van der Waals surface area contributed by atoms with Gasteiger partial charge in [-0.15, -0.1) is 0 Å². The lowest BCUT2D eigenvalue weighted by Crippen LogP contribution is -2.60. The predicted molar refractivity (Wildman–Crippen MR) is 73.3 cm³/mol. The van der Waals surface area contributed by atoms with Crippen LogP contribution in [-0.2, 0) is 11.2 Å². The SMILES string of the molecule is OCCc1ccc(O)c(OC2OC(CO)C(O)C(O)C2O)c1. The molecule has 0 bridgehead atoms. The van der Waals surface area contributed by atoms with E-state index in [1.54, 1.807) is 6.07 Å². The van der Waals surface area contributed by atoms with Crippen molar-refractivity contribution < 1.29 is 40.1 Å². The van der Waals surface area contributed by atoms with E-state index in [1.165, 1.54) is 12.1 Å². The lowest BCUT2D eigenvalue weighted by molar-refractivity contribution is -0.277. The molecule has 5 unspecified atom stereocenters. The maximum atomic E-state index is 9.88. The maximum absolute atomic E-state index is 9.88. The van der Waals surface area contributed by atoms with Crippen molar-refractivity contribution in [1.29, 1.82) is 0 Å². The smallest absolute Gasteiger partial charge is 0.229 e. The Labute approximate surface area is 126 Å². The number of phenols is 1. The van der Waals surface area contributed by atoms with Crippen molar-refractivity contribution in [3.63, 3.8) is 0 Å². The van der Waals surface area contributed by atoms with Gasteiger partial charge in [-0.1, -0.05) is 6.07 Å². The summed E-state index contributed by atoms with van der Waals surface area (Å²) in [6.45, 7) is -0.647. The second kappa shape index (κ2) is 7.23. The number of hydrogen-bond donors (Lipinski definition) is 6. The van der Waals surface area contributed by atoms with Gasteiger partial charge in [0.1, 0.15) is 24.4 Å². The molecule has 1 aliphatic heterocycles. The molecule has 0 spiro atoms. The number of aromatic hydroxyl groups is 1. The van der Waals surface area contributed by atoms with Gasteiger partial charge >= 0.3 is 0 Å². The number of rotatable bonds is 5. The molecule has 0 radical (unpaired) electrons. The molecule has 1 aromatic carbocycles. The van der Waals surface area contributed by atoms with Gasteiger partial charge in [0.2, 0.25) is 6.29 Å². The molecule has 124 valence electrons. The Morgan fingerprint density at radius 1 is 1.05 bits per heavy atom. The van der Waals surface area contributed by atoms with Crippen LogP contribution in [0.15, 0.2) is 18.2 Å². The minimum atomic E-state index is -1.56. The van der Waals surface area contributed by atoms with Crippen LogP contribution in [0, 0.1) is 0 Å². The molecular formula is C14H20O8. The van der Waals surface area contributed by atoms with Gasteiger partial charge in [-0.2, -0.15) is 0 Å². The fourth-order valence-corrected chi connectivity index (χ4v) is 2.23. The first-order chi connectivity index (χ1) is 10.5. The molecule has 0 aliphatic carbocycles. The molecule has 2 rings (SSSR count). The normalized spacial score (nSPS) is 32.0. The van der Waals surface area contributed by atoms with E-state index in [1.807, 2.05) is 0 Å². The van der Waals surface area contributed by atoms with Crippen LogP contribution >= 0.6 is 0 Å². The third kappa shape index (κ3) is 3.49. The Balaban J connectivity index is 2.16. The largest absolute Gasteiger partial charge is 0.504 e. The number of ether oxygens (including phenoxy) is 2. The van der Waals surface area contributed by atoms with Crippen LogP contribution in [0.5, 0.6) is 11.5 Å². The third-order valence-electron chi connectivity index (χ3n) is 3.52. The van der Waals surface area contributed by atoms with Crippen LogP contribution in [0.1, 0.15) is 5.56 Å². The highest BCUT2D eigenvalue weighted by Crippen LogP contribution is 2.31. The summed E-state index contributed by atoms with van der Waals surface area (Å²) in [5, 5.41) is 57.1. The van der Waals surface area contributed by atoms with Crippen molar-refractivity contribution in [2.75, 3.05) is 13.2 Å². The molecule has 0 saturated carbocycles. The topological polar surface area (TPSA) is 140 Å². The van der Waals surface area contributed by atoms with E-state index in [9.17, 15) is 20.4 Å². The molecule has 6 N–H and O–H groups in total. The van der Waals surface area contributed by atoms with E-state index in [-0.39, 0.29) is 18.1 Å². The van der Waals surface area contributed by atoms with Gasteiger partial charge in [0.25, 0.3) is 0 Å². The number of benzene rings is 1. The lowest BCUT2D eigenvalue weighted by Gasteiger charge is -2.39. The maximum Gasteiger partial charge on any atom is 0.229 e. The van der Waals surface area contributed by atoms with Crippen molar-refractivity contribution in [1.82, 2.24) is 0 Å². The molecule has 8 heteroatoms. The highest BCUT2D eigenvalue weighted by Gasteiger charge is 2.44. The zero-order valence-electron chi connectivity index (χ0n) is 11.7. The quantitative estimate of drug-likeness (QED) is 0.370. The summed E-state index contributed by atoms with van der Waals surface area (Å²) in [6.07, 6.45) is -6.70. The molecule has 5 atom stereocenters. The lowest BCUT2D eigenvalue weighted by atomic mass is 9.99. The minimum absolute atomic E-state index is 0.00437. The van der Waals surface area contributed by atoms with Crippen molar-refractivity contribution in [2.45, 2.75) is 37.1 Å². The first kappa shape index (κ1) is 16.9. The number of hydrogen-bond acceptors (Lipinski definition) is 8. The standard InChI is InChI=1S/C14H20O8/c15-4-3-7-1-2-8(17)9(5-7)21-14-13(20)12(19)11(18)10(6-16)22-14/h1-2,5,10-20H,3-4,6H2. The Morgan fingerprint density at radius 2 is 1.77 bits per heavy atom. The monoisotopic (exact) mass is 316 g/mol. The van der Waals surface area contributed by atoms with Gasteiger partial charge in [-0.3, -0.25) is 0 Å². The molecule has 1 aromatic rings. The molecule has 1 fully saturated rings. The first-order valence-corrected chi connectivity index (χ1v) is 6.88. The summed E-state index contributed by atoms with van der Waals surface area (Å²) in [4.78, 5) is 0. The van der Waals surface area contributed by atoms with Crippen LogP contribution in [0.25, 0.3) is 0 Å². The van der Waals surface area contributed by atoms with E-state index >= 15 is 0 Å². The zero-order valence-corrected chi connectivity index (χ0v) is 11.7. The van der Waals surface area contributed by atoms with Gasteiger partial charge < -0.3 is 40.1 Å². The predicted octanol–water partition coefficient (Wildman–Crippen LogP) is -1.89. The van der Waals surface area contributed by atoms with Gasteiger partial charge in [0.15, 0.2) is 11.5 Å². The first-order valence-electron chi connectivity index (χ1n) is 6.88. The van der Waals surface area contributed by atoms with Crippen molar-refractivity contribution in [2.24, 2.45) is 0 Å². The Morgan fingerprint density at radius 3 is 2.41 bits per heavy atom. The average molecular weight is 316 g/mol.